The van der Waals surface area contributed by atoms with Gasteiger partial charge >= 0.3 is 12.1 Å². The van der Waals surface area contributed by atoms with Crippen LogP contribution in [0.3, 0.4) is 0 Å². The lowest BCUT2D eigenvalue weighted by Crippen LogP contribution is -2.55. The van der Waals surface area contributed by atoms with Crippen molar-refractivity contribution in [3.63, 3.8) is 0 Å². The molecule has 0 bridgehead atoms. The Bertz CT molecular complexity index is 936. The summed E-state index contributed by atoms with van der Waals surface area (Å²) >= 11 is 0. The number of fused-ring (bicyclic) bond motifs is 1. The number of carboxylic acids is 1. The van der Waals surface area contributed by atoms with E-state index in [1.54, 1.807) is 0 Å². The molecule has 2 aromatic rings. The van der Waals surface area contributed by atoms with E-state index in [0.717, 1.165) is 55.5 Å². The summed E-state index contributed by atoms with van der Waals surface area (Å²) in [5, 5.41) is 9.13. The number of carboxylic acid groups (broad SMARTS) is 1. The SMILES string of the molecule is O=C(O)C1CN(C2CCCc3c(cccc3OCCCc3ccc(C(F)(F)F)cc3)C2)C1. The number of rotatable bonds is 7. The third-order valence-corrected chi connectivity index (χ3v) is 6.57. The zero-order valence-electron chi connectivity index (χ0n) is 17.9. The number of benzene rings is 2. The molecule has 1 atom stereocenters. The van der Waals surface area contributed by atoms with Crippen molar-refractivity contribution in [2.75, 3.05) is 19.7 Å². The molecule has 172 valence electrons. The number of likely N-dealkylation sites (tertiary alicyclic amines) is 1. The molecular weight excluding hydrogens is 419 g/mol. The van der Waals surface area contributed by atoms with Crippen LogP contribution >= 0.6 is 0 Å². The maximum absolute atomic E-state index is 12.7. The van der Waals surface area contributed by atoms with Gasteiger partial charge in [-0.25, -0.2) is 0 Å². The Labute approximate surface area is 186 Å². The second-order valence-corrected chi connectivity index (χ2v) is 8.78. The maximum Gasteiger partial charge on any atom is 0.416 e. The smallest absolute Gasteiger partial charge is 0.416 e. The molecule has 1 aliphatic carbocycles. The standard InChI is InChI=1S/C25H28F3NO3/c26-25(27,28)20-11-9-17(10-12-20)4-3-13-32-23-8-1-5-18-14-21(6-2-7-22(18)23)29-15-19(16-29)24(30)31/h1,5,8-12,19,21H,2-4,6-7,13-16H2,(H,30,31). The number of nitrogens with zero attached hydrogens (tertiary/aromatic N) is 1. The highest BCUT2D eigenvalue weighted by Gasteiger charge is 2.37. The summed E-state index contributed by atoms with van der Waals surface area (Å²) in [7, 11) is 0. The highest BCUT2D eigenvalue weighted by molar-refractivity contribution is 5.71. The van der Waals surface area contributed by atoms with E-state index in [-0.39, 0.29) is 5.92 Å². The summed E-state index contributed by atoms with van der Waals surface area (Å²) in [6, 6.07) is 11.8. The van der Waals surface area contributed by atoms with E-state index in [4.69, 9.17) is 9.84 Å². The van der Waals surface area contributed by atoms with E-state index in [1.807, 2.05) is 12.1 Å². The van der Waals surface area contributed by atoms with Gasteiger partial charge in [-0.1, -0.05) is 24.3 Å². The van der Waals surface area contributed by atoms with Crippen LogP contribution < -0.4 is 4.74 Å². The van der Waals surface area contributed by atoms with Gasteiger partial charge in [-0.15, -0.1) is 0 Å². The van der Waals surface area contributed by atoms with E-state index in [9.17, 15) is 18.0 Å². The van der Waals surface area contributed by atoms with Gasteiger partial charge in [0.15, 0.2) is 0 Å². The third kappa shape index (κ3) is 5.26. The zero-order valence-corrected chi connectivity index (χ0v) is 17.9. The second kappa shape index (κ2) is 9.53. The lowest BCUT2D eigenvalue weighted by molar-refractivity contribution is -0.148. The lowest BCUT2D eigenvalue weighted by Gasteiger charge is -2.42. The van der Waals surface area contributed by atoms with Crippen LogP contribution in [0.4, 0.5) is 13.2 Å². The fraction of sp³-hybridized carbons (Fsp3) is 0.480. The Kier molecular flexibility index (Phi) is 6.74. The molecule has 4 rings (SSSR count). The third-order valence-electron chi connectivity index (χ3n) is 6.57. The Balaban J connectivity index is 1.30. The van der Waals surface area contributed by atoms with Crippen molar-refractivity contribution in [1.29, 1.82) is 0 Å². The van der Waals surface area contributed by atoms with Crippen LogP contribution in [-0.2, 0) is 30.2 Å². The van der Waals surface area contributed by atoms with Gasteiger partial charge in [0.2, 0.25) is 0 Å². The Morgan fingerprint density at radius 1 is 1.12 bits per heavy atom. The van der Waals surface area contributed by atoms with Gasteiger partial charge in [0.25, 0.3) is 0 Å². The minimum Gasteiger partial charge on any atom is -0.493 e. The summed E-state index contributed by atoms with van der Waals surface area (Å²) in [5.41, 5.74) is 2.75. The van der Waals surface area contributed by atoms with Gasteiger partial charge in [-0.05, 0) is 73.4 Å². The molecular formula is C25H28F3NO3. The summed E-state index contributed by atoms with van der Waals surface area (Å²) in [6.07, 6.45) is 1.02. The van der Waals surface area contributed by atoms with Crippen LogP contribution in [0.15, 0.2) is 42.5 Å². The monoisotopic (exact) mass is 447 g/mol. The number of ether oxygens (including phenoxy) is 1. The number of hydrogen-bond donors (Lipinski definition) is 1. The summed E-state index contributed by atoms with van der Waals surface area (Å²) in [6.45, 7) is 1.78. The minimum atomic E-state index is -4.31. The first-order valence-corrected chi connectivity index (χ1v) is 11.2. The van der Waals surface area contributed by atoms with Crippen LogP contribution in [0.1, 0.15) is 41.5 Å². The molecule has 1 aliphatic heterocycles. The Hall–Kier alpha value is -2.54. The quantitative estimate of drug-likeness (QED) is 0.480. The molecule has 1 saturated heterocycles. The van der Waals surface area contributed by atoms with E-state index in [1.165, 1.54) is 23.3 Å². The van der Waals surface area contributed by atoms with Gasteiger partial charge in [-0.2, -0.15) is 13.2 Å². The molecule has 0 saturated carbocycles. The van der Waals surface area contributed by atoms with Crippen LogP contribution in [0, 0.1) is 5.92 Å². The predicted molar refractivity (Wildman–Crippen MR) is 115 cm³/mol. The average Bonchev–Trinajstić information content (AvgIpc) is 2.92. The molecule has 1 fully saturated rings. The molecule has 4 nitrogen and oxygen atoms in total. The lowest BCUT2D eigenvalue weighted by atomic mass is 9.93. The molecule has 32 heavy (non-hydrogen) atoms. The largest absolute Gasteiger partial charge is 0.493 e. The van der Waals surface area contributed by atoms with Crippen molar-refractivity contribution in [1.82, 2.24) is 4.90 Å². The zero-order chi connectivity index (χ0) is 22.7. The topological polar surface area (TPSA) is 49.8 Å². The first kappa shape index (κ1) is 22.6. The highest BCUT2D eigenvalue weighted by atomic mass is 19.4. The van der Waals surface area contributed by atoms with Gasteiger partial charge in [-0.3, -0.25) is 9.69 Å². The van der Waals surface area contributed by atoms with Crippen molar-refractivity contribution in [3.8, 4) is 5.75 Å². The van der Waals surface area contributed by atoms with Gasteiger partial charge < -0.3 is 9.84 Å². The van der Waals surface area contributed by atoms with Crippen LogP contribution in [-0.4, -0.2) is 41.7 Å². The number of halogens is 3. The molecule has 0 aromatic heterocycles. The van der Waals surface area contributed by atoms with E-state index < -0.39 is 17.7 Å². The maximum atomic E-state index is 12.7. The summed E-state index contributed by atoms with van der Waals surface area (Å²) in [4.78, 5) is 13.4. The Morgan fingerprint density at radius 3 is 2.56 bits per heavy atom. The first-order valence-electron chi connectivity index (χ1n) is 11.2. The molecule has 0 amide bonds. The average molecular weight is 447 g/mol. The highest BCUT2D eigenvalue weighted by Crippen LogP contribution is 2.33. The van der Waals surface area contributed by atoms with Gasteiger partial charge in [0.1, 0.15) is 5.75 Å². The second-order valence-electron chi connectivity index (χ2n) is 8.78. The molecule has 2 aliphatic rings. The summed E-state index contributed by atoms with van der Waals surface area (Å²) in [5.74, 6) is -0.0538. The number of hydrogen-bond acceptors (Lipinski definition) is 3. The molecule has 1 unspecified atom stereocenters. The number of alkyl halides is 3. The van der Waals surface area contributed by atoms with Crippen LogP contribution in [0.5, 0.6) is 5.75 Å². The van der Waals surface area contributed by atoms with Crippen molar-refractivity contribution in [3.05, 3.63) is 64.7 Å². The number of carbonyl (C=O) groups is 1. The van der Waals surface area contributed by atoms with E-state index in [2.05, 4.69) is 11.0 Å². The normalized spacial score (nSPS) is 19.7. The van der Waals surface area contributed by atoms with Gasteiger partial charge in [0.05, 0.1) is 18.1 Å². The minimum absolute atomic E-state index is 0.239. The van der Waals surface area contributed by atoms with Crippen LogP contribution in [0.25, 0.3) is 0 Å². The molecule has 2 aromatic carbocycles. The fourth-order valence-corrected chi connectivity index (χ4v) is 4.69. The Morgan fingerprint density at radius 2 is 1.88 bits per heavy atom. The van der Waals surface area contributed by atoms with E-state index >= 15 is 0 Å². The van der Waals surface area contributed by atoms with Gasteiger partial charge in [0, 0.05) is 19.1 Å². The van der Waals surface area contributed by atoms with E-state index in [0.29, 0.717) is 32.2 Å². The van der Waals surface area contributed by atoms with Crippen molar-refractivity contribution >= 4 is 5.97 Å². The number of aryl methyl sites for hydroxylation is 1. The molecule has 7 heteroatoms. The van der Waals surface area contributed by atoms with Crippen molar-refractivity contribution in [2.24, 2.45) is 5.92 Å². The predicted octanol–water partition coefficient (Wildman–Crippen LogP) is 4.98. The van der Waals surface area contributed by atoms with Crippen molar-refractivity contribution < 1.29 is 27.8 Å². The summed E-state index contributed by atoms with van der Waals surface area (Å²) < 4.78 is 44.1. The van der Waals surface area contributed by atoms with Crippen molar-refractivity contribution in [2.45, 2.75) is 50.7 Å². The molecule has 0 radical (unpaired) electrons. The molecule has 1 heterocycles. The molecule has 1 N–H and O–H groups in total. The van der Waals surface area contributed by atoms with Crippen LogP contribution in [0.2, 0.25) is 0 Å². The fourth-order valence-electron chi connectivity index (χ4n) is 4.69. The number of aliphatic carboxylic acids is 1. The first-order chi connectivity index (χ1) is 15.3. The molecule has 0 spiro atoms.